The second-order valence-electron chi connectivity index (χ2n) is 5.98. The van der Waals surface area contributed by atoms with Crippen LogP contribution in [0.1, 0.15) is 17.0 Å². The van der Waals surface area contributed by atoms with E-state index in [-0.39, 0.29) is 0 Å². The normalized spacial score (nSPS) is 11.8. The molecule has 0 unspecified atom stereocenters. The van der Waals surface area contributed by atoms with Gasteiger partial charge in [-0.05, 0) is 55.0 Å². The van der Waals surface area contributed by atoms with Gasteiger partial charge in [-0.2, -0.15) is 0 Å². The molecule has 0 saturated heterocycles. The Morgan fingerprint density at radius 1 is 1.00 bits per heavy atom. The molecule has 0 aliphatic carbocycles. The molecule has 24 heavy (non-hydrogen) atoms. The summed E-state index contributed by atoms with van der Waals surface area (Å²) in [4.78, 5) is 8.78. The van der Waals surface area contributed by atoms with Crippen molar-refractivity contribution in [3.63, 3.8) is 0 Å². The quantitative estimate of drug-likeness (QED) is 0.565. The molecular formula is C20H18N4. The van der Waals surface area contributed by atoms with Crippen molar-refractivity contribution >= 4 is 39.6 Å². The van der Waals surface area contributed by atoms with Crippen LogP contribution in [0.5, 0.6) is 0 Å². The molecule has 0 saturated carbocycles. The van der Waals surface area contributed by atoms with E-state index in [4.69, 9.17) is 10.7 Å². The molecule has 1 aromatic carbocycles. The number of hydrogen-bond donors (Lipinski definition) is 1. The molecule has 4 rings (SSSR count). The second kappa shape index (κ2) is 5.49. The first-order chi connectivity index (χ1) is 11.6. The number of fused-ring (bicyclic) bond motifs is 3. The van der Waals surface area contributed by atoms with Gasteiger partial charge < -0.3 is 10.3 Å². The van der Waals surface area contributed by atoms with Gasteiger partial charge in [-0.25, -0.2) is 0 Å². The molecule has 3 heterocycles. The van der Waals surface area contributed by atoms with Crippen molar-refractivity contribution in [2.45, 2.75) is 6.92 Å². The molecule has 2 N–H and O–H groups in total. The Hall–Kier alpha value is -3.14. The molecule has 0 aliphatic rings. The van der Waals surface area contributed by atoms with E-state index in [0.717, 1.165) is 33.5 Å². The van der Waals surface area contributed by atoms with Crippen LogP contribution in [0.2, 0.25) is 0 Å². The summed E-state index contributed by atoms with van der Waals surface area (Å²) >= 11 is 0. The smallest absolute Gasteiger partial charge is 0.0705 e. The maximum absolute atomic E-state index is 5.99. The Balaban J connectivity index is 1.91. The molecule has 0 radical (unpaired) electrons. The lowest BCUT2D eigenvalue weighted by atomic mass is 10.1. The van der Waals surface area contributed by atoms with Crippen LogP contribution in [0, 0.1) is 6.92 Å². The van der Waals surface area contributed by atoms with E-state index in [2.05, 4.69) is 34.8 Å². The third-order valence-electron chi connectivity index (χ3n) is 4.35. The minimum atomic E-state index is 0.776. The number of anilines is 1. The Morgan fingerprint density at radius 2 is 1.79 bits per heavy atom. The highest BCUT2D eigenvalue weighted by atomic mass is 15.0. The van der Waals surface area contributed by atoms with Crippen molar-refractivity contribution in [1.29, 1.82) is 0 Å². The van der Waals surface area contributed by atoms with Gasteiger partial charge in [-0.15, -0.1) is 0 Å². The molecular weight excluding hydrogens is 296 g/mol. The van der Waals surface area contributed by atoms with Crippen LogP contribution in [0.4, 0.5) is 5.69 Å². The molecule has 0 spiro atoms. The predicted molar refractivity (Wildman–Crippen MR) is 101 cm³/mol. The Bertz CT molecular complexity index is 1080. The van der Waals surface area contributed by atoms with Gasteiger partial charge in [0.05, 0.1) is 16.9 Å². The number of benzene rings is 1. The number of nitrogen functional groups attached to an aromatic ring is 1. The summed E-state index contributed by atoms with van der Waals surface area (Å²) < 4.78 is 2.18. The van der Waals surface area contributed by atoms with Gasteiger partial charge in [-0.1, -0.05) is 6.08 Å². The van der Waals surface area contributed by atoms with Crippen LogP contribution in [0.3, 0.4) is 0 Å². The fraction of sp³-hybridized carbons (Fsp3) is 0.100. The van der Waals surface area contributed by atoms with E-state index < -0.39 is 0 Å². The summed E-state index contributed by atoms with van der Waals surface area (Å²) in [6, 6.07) is 12.1. The molecule has 4 nitrogen and oxygen atoms in total. The molecule has 4 aromatic rings. The average Bonchev–Trinajstić information content (AvgIpc) is 2.86. The Morgan fingerprint density at radius 3 is 2.58 bits per heavy atom. The van der Waals surface area contributed by atoms with E-state index in [0.29, 0.717) is 0 Å². The Kier molecular flexibility index (Phi) is 3.31. The van der Waals surface area contributed by atoms with Crippen molar-refractivity contribution in [3.05, 3.63) is 65.7 Å². The number of rotatable bonds is 2. The van der Waals surface area contributed by atoms with Crippen LogP contribution in [0.15, 0.2) is 48.8 Å². The summed E-state index contributed by atoms with van der Waals surface area (Å²) in [7, 11) is 2.07. The Labute approximate surface area is 140 Å². The largest absolute Gasteiger partial charge is 0.399 e. The number of hydrogen-bond acceptors (Lipinski definition) is 3. The summed E-state index contributed by atoms with van der Waals surface area (Å²) in [5.41, 5.74) is 12.1. The molecule has 0 fully saturated rings. The first-order valence-corrected chi connectivity index (χ1v) is 7.87. The number of pyridine rings is 2. The number of aryl methyl sites for hydroxylation is 2. The van der Waals surface area contributed by atoms with Crippen molar-refractivity contribution < 1.29 is 0 Å². The van der Waals surface area contributed by atoms with E-state index in [1.54, 1.807) is 12.4 Å². The van der Waals surface area contributed by atoms with Gasteiger partial charge in [0.1, 0.15) is 0 Å². The first kappa shape index (κ1) is 14.5. The molecule has 0 atom stereocenters. The lowest BCUT2D eigenvalue weighted by molar-refractivity contribution is 0.996. The standard InChI is InChI=1S/C20H18N4/c1-13-20-18(17-11-15(21)4-6-19(17)24(20)2)12-16(23-13)5-3-14-7-9-22-10-8-14/h3-12H,21H2,1-2H3/b5-3+. The highest BCUT2D eigenvalue weighted by molar-refractivity contribution is 6.10. The van der Waals surface area contributed by atoms with Gasteiger partial charge in [0.15, 0.2) is 0 Å². The second-order valence-corrected chi connectivity index (χ2v) is 5.98. The third kappa shape index (κ3) is 2.33. The summed E-state index contributed by atoms with van der Waals surface area (Å²) in [6.45, 7) is 2.05. The zero-order valence-electron chi connectivity index (χ0n) is 13.7. The van der Waals surface area contributed by atoms with E-state index in [1.807, 2.05) is 37.3 Å². The van der Waals surface area contributed by atoms with Crippen molar-refractivity contribution in [3.8, 4) is 0 Å². The molecule has 3 aromatic heterocycles. The van der Waals surface area contributed by atoms with Gasteiger partial charge in [-0.3, -0.25) is 9.97 Å². The maximum atomic E-state index is 5.99. The molecule has 4 heteroatoms. The fourth-order valence-electron chi connectivity index (χ4n) is 3.24. The van der Waals surface area contributed by atoms with Crippen LogP contribution in [-0.4, -0.2) is 14.5 Å². The third-order valence-corrected chi connectivity index (χ3v) is 4.35. The highest BCUT2D eigenvalue weighted by Gasteiger charge is 2.12. The minimum Gasteiger partial charge on any atom is -0.399 e. The van der Waals surface area contributed by atoms with Gasteiger partial charge in [0.25, 0.3) is 0 Å². The van der Waals surface area contributed by atoms with Gasteiger partial charge in [0.2, 0.25) is 0 Å². The molecule has 0 amide bonds. The molecule has 118 valence electrons. The van der Waals surface area contributed by atoms with Crippen molar-refractivity contribution in [2.24, 2.45) is 7.05 Å². The highest BCUT2D eigenvalue weighted by Crippen LogP contribution is 2.31. The topological polar surface area (TPSA) is 56.7 Å². The summed E-state index contributed by atoms with van der Waals surface area (Å²) in [5.74, 6) is 0. The van der Waals surface area contributed by atoms with Crippen LogP contribution in [-0.2, 0) is 7.05 Å². The van der Waals surface area contributed by atoms with E-state index >= 15 is 0 Å². The summed E-state index contributed by atoms with van der Waals surface area (Å²) in [6.07, 6.45) is 7.66. The predicted octanol–water partition coefficient (Wildman–Crippen LogP) is 4.18. The number of nitrogens with two attached hydrogens (primary N) is 1. The first-order valence-electron chi connectivity index (χ1n) is 7.87. The van der Waals surface area contributed by atoms with Crippen molar-refractivity contribution in [1.82, 2.24) is 14.5 Å². The zero-order valence-corrected chi connectivity index (χ0v) is 13.7. The monoisotopic (exact) mass is 314 g/mol. The van der Waals surface area contributed by atoms with Crippen LogP contribution < -0.4 is 5.73 Å². The number of aromatic nitrogens is 3. The minimum absolute atomic E-state index is 0.776. The van der Waals surface area contributed by atoms with Crippen molar-refractivity contribution in [2.75, 3.05) is 5.73 Å². The van der Waals surface area contributed by atoms with E-state index in [1.165, 1.54) is 10.9 Å². The SMILES string of the molecule is Cc1nc(/C=C/c2ccncc2)cc2c3cc(N)ccc3n(C)c12. The van der Waals surface area contributed by atoms with Crippen LogP contribution in [0.25, 0.3) is 34.0 Å². The van der Waals surface area contributed by atoms with E-state index in [9.17, 15) is 0 Å². The fourth-order valence-corrected chi connectivity index (χ4v) is 3.24. The number of nitrogens with zero attached hydrogens (tertiary/aromatic N) is 3. The van der Waals surface area contributed by atoms with Crippen LogP contribution >= 0.6 is 0 Å². The molecule has 0 bridgehead atoms. The summed E-state index contributed by atoms with van der Waals surface area (Å²) in [5, 5.41) is 2.35. The lowest BCUT2D eigenvalue weighted by Gasteiger charge is -2.03. The average molecular weight is 314 g/mol. The maximum Gasteiger partial charge on any atom is 0.0705 e. The van der Waals surface area contributed by atoms with Gasteiger partial charge in [0, 0.05) is 41.4 Å². The molecule has 0 aliphatic heterocycles. The zero-order chi connectivity index (χ0) is 16.7. The lowest BCUT2D eigenvalue weighted by Crippen LogP contribution is -1.93. The van der Waals surface area contributed by atoms with Gasteiger partial charge >= 0.3 is 0 Å².